The lowest BCUT2D eigenvalue weighted by molar-refractivity contribution is -0.137. The molecule has 0 atom stereocenters. The average molecular weight is 349 g/mol. The highest BCUT2D eigenvalue weighted by Gasteiger charge is 2.34. The largest absolute Gasteiger partial charge is 0.457 e. The summed E-state index contributed by atoms with van der Waals surface area (Å²) in [6.07, 6.45) is 1.58. The molecule has 0 aliphatic carbocycles. The number of alkyl halides is 3. The fourth-order valence-corrected chi connectivity index (χ4v) is 2.91. The Kier molecular flexibility index (Phi) is 4.97. The molecule has 3 rings (SSSR count). The van der Waals surface area contributed by atoms with Gasteiger partial charge in [0.1, 0.15) is 11.5 Å². The van der Waals surface area contributed by atoms with Crippen molar-refractivity contribution < 1.29 is 22.4 Å². The standard InChI is InChI=1S/C19H18F3NO2/c20-19(21,22)16-7-3-2-6-15(16)17-10-8-14(25-17)9-11-18(24)23-12-4-1-5-13-23/h2-3,6-11H,1,4-5,12-13H2. The van der Waals surface area contributed by atoms with Gasteiger partial charge in [0.2, 0.25) is 5.91 Å². The van der Waals surface area contributed by atoms with E-state index in [0.717, 1.165) is 38.4 Å². The maximum absolute atomic E-state index is 13.1. The lowest BCUT2D eigenvalue weighted by Gasteiger charge is -2.25. The van der Waals surface area contributed by atoms with E-state index in [4.69, 9.17) is 4.42 Å². The van der Waals surface area contributed by atoms with Gasteiger partial charge in [-0.25, -0.2) is 0 Å². The predicted octanol–water partition coefficient (Wildman–Crippen LogP) is 4.99. The molecule has 1 aromatic heterocycles. The van der Waals surface area contributed by atoms with Crippen LogP contribution >= 0.6 is 0 Å². The van der Waals surface area contributed by atoms with Crippen LogP contribution in [-0.4, -0.2) is 23.9 Å². The zero-order valence-corrected chi connectivity index (χ0v) is 13.6. The SMILES string of the molecule is O=C(C=Cc1ccc(-c2ccccc2C(F)(F)F)o1)N1CCCCC1. The monoisotopic (exact) mass is 349 g/mol. The molecule has 1 aliphatic rings. The van der Waals surface area contributed by atoms with E-state index in [-0.39, 0.29) is 17.2 Å². The van der Waals surface area contributed by atoms with Crippen LogP contribution in [-0.2, 0) is 11.0 Å². The number of piperidine rings is 1. The van der Waals surface area contributed by atoms with Crippen LogP contribution in [0.2, 0.25) is 0 Å². The van der Waals surface area contributed by atoms with Gasteiger partial charge in [-0.3, -0.25) is 4.79 Å². The Morgan fingerprint density at radius 1 is 1.04 bits per heavy atom. The number of carbonyl (C=O) groups excluding carboxylic acids is 1. The molecular weight excluding hydrogens is 331 g/mol. The van der Waals surface area contributed by atoms with Gasteiger partial charge in [-0.15, -0.1) is 0 Å². The predicted molar refractivity (Wildman–Crippen MR) is 88.6 cm³/mol. The Morgan fingerprint density at radius 3 is 2.48 bits per heavy atom. The number of halogens is 3. The van der Waals surface area contributed by atoms with Crippen LogP contribution in [0.5, 0.6) is 0 Å². The van der Waals surface area contributed by atoms with E-state index in [9.17, 15) is 18.0 Å². The highest BCUT2D eigenvalue weighted by molar-refractivity contribution is 5.91. The van der Waals surface area contributed by atoms with Crippen molar-refractivity contribution >= 4 is 12.0 Å². The van der Waals surface area contributed by atoms with Gasteiger partial charge in [0.05, 0.1) is 5.56 Å². The third-order valence-electron chi connectivity index (χ3n) is 4.18. The summed E-state index contributed by atoms with van der Waals surface area (Å²) in [7, 11) is 0. The van der Waals surface area contributed by atoms with Crippen LogP contribution < -0.4 is 0 Å². The first-order valence-electron chi connectivity index (χ1n) is 8.18. The first kappa shape index (κ1) is 17.3. The molecular formula is C19H18F3NO2. The van der Waals surface area contributed by atoms with Crippen molar-refractivity contribution in [2.75, 3.05) is 13.1 Å². The highest BCUT2D eigenvalue weighted by atomic mass is 19.4. The third-order valence-corrected chi connectivity index (χ3v) is 4.18. The lowest BCUT2D eigenvalue weighted by Crippen LogP contribution is -2.34. The summed E-state index contributed by atoms with van der Waals surface area (Å²) in [5, 5.41) is 0. The number of likely N-dealkylation sites (tertiary alicyclic amines) is 1. The quantitative estimate of drug-likeness (QED) is 0.732. The maximum atomic E-state index is 13.1. The Morgan fingerprint density at radius 2 is 1.76 bits per heavy atom. The zero-order valence-electron chi connectivity index (χ0n) is 13.6. The van der Waals surface area contributed by atoms with E-state index in [1.54, 1.807) is 11.0 Å². The van der Waals surface area contributed by atoms with Gasteiger partial charge < -0.3 is 9.32 Å². The minimum atomic E-state index is -4.45. The first-order valence-corrected chi connectivity index (χ1v) is 8.18. The van der Waals surface area contributed by atoms with Crippen LogP contribution in [0.25, 0.3) is 17.4 Å². The Labute approximate surface area is 143 Å². The van der Waals surface area contributed by atoms with Crippen molar-refractivity contribution in [1.82, 2.24) is 4.90 Å². The van der Waals surface area contributed by atoms with E-state index >= 15 is 0 Å². The van der Waals surface area contributed by atoms with E-state index in [0.29, 0.717) is 5.76 Å². The van der Waals surface area contributed by atoms with Crippen molar-refractivity contribution in [3.8, 4) is 11.3 Å². The summed E-state index contributed by atoms with van der Waals surface area (Å²) in [5.41, 5.74) is -0.763. The van der Waals surface area contributed by atoms with Gasteiger partial charge >= 0.3 is 6.18 Å². The molecule has 1 aliphatic heterocycles. The summed E-state index contributed by atoms with van der Waals surface area (Å²) in [6, 6.07) is 8.30. The first-order chi connectivity index (χ1) is 11.9. The highest BCUT2D eigenvalue weighted by Crippen LogP contribution is 2.37. The van der Waals surface area contributed by atoms with Crippen LogP contribution in [0.4, 0.5) is 13.2 Å². The smallest absolute Gasteiger partial charge is 0.417 e. The van der Waals surface area contributed by atoms with Crippen LogP contribution in [0.1, 0.15) is 30.6 Å². The molecule has 2 heterocycles. The normalized spacial score (nSPS) is 15.7. The Balaban J connectivity index is 1.77. The molecule has 1 amide bonds. The molecule has 0 N–H and O–H groups in total. The number of rotatable bonds is 3. The number of hydrogen-bond acceptors (Lipinski definition) is 2. The molecule has 132 valence electrons. The molecule has 1 saturated heterocycles. The number of carbonyl (C=O) groups is 1. The molecule has 25 heavy (non-hydrogen) atoms. The van der Waals surface area contributed by atoms with Crippen molar-refractivity contribution in [3.63, 3.8) is 0 Å². The minimum Gasteiger partial charge on any atom is -0.457 e. The molecule has 0 saturated carbocycles. The molecule has 0 spiro atoms. The molecule has 1 fully saturated rings. The number of furan rings is 1. The van der Waals surface area contributed by atoms with Crippen molar-refractivity contribution in [2.45, 2.75) is 25.4 Å². The minimum absolute atomic E-state index is 0.0167. The van der Waals surface area contributed by atoms with Crippen LogP contribution in [0.3, 0.4) is 0 Å². The van der Waals surface area contributed by atoms with E-state index < -0.39 is 11.7 Å². The van der Waals surface area contributed by atoms with Gasteiger partial charge in [0, 0.05) is 24.7 Å². The summed E-state index contributed by atoms with van der Waals surface area (Å²) in [5.74, 6) is 0.365. The second-order valence-electron chi connectivity index (χ2n) is 5.96. The molecule has 0 unspecified atom stereocenters. The number of amides is 1. The summed E-state index contributed by atoms with van der Waals surface area (Å²) in [6.45, 7) is 1.48. The van der Waals surface area contributed by atoms with Gasteiger partial charge in [-0.2, -0.15) is 13.2 Å². The van der Waals surface area contributed by atoms with Crippen molar-refractivity contribution in [2.24, 2.45) is 0 Å². The fraction of sp³-hybridized carbons (Fsp3) is 0.316. The van der Waals surface area contributed by atoms with Gasteiger partial charge in [-0.05, 0) is 43.5 Å². The second-order valence-corrected chi connectivity index (χ2v) is 5.96. The third kappa shape index (κ3) is 4.13. The summed E-state index contributed by atoms with van der Waals surface area (Å²) < 4.78 is 44.8. The summed E-state index contributed by atoms with van der Waals surface area (Å²) >= 11 is 0. The van der Waals surface area contributed by atoms with E-state index in [1.165, 1.54) is 36.4 Å². The second kappa shape index (κ2) is 7.17. The van der Waals surface area contributed by atoms with Gasteiger partial charge in [0.25, 0.3) is 0 Å². The molecule has 3 nitrogen and oxygen atoms in total. The van der Waals surface area contributed by atoms with Crippen LogP contribution in [0, 0.1) is 0 Å². The van der Waals surface area contributed by atoms with Crippen LogP contribution in [0.15, 0.2) is 46.9 Å². The average Bonchev–Trinajstić information content (AvgIpc) is 3.08. The topological polar surface area (TPSA) is 33.5 Å². The maximum Gasteiger partial charge on any atom is 0.417 e. The number of hydrogen-bond donors (Lipinski definition) is 0. The van der Waals surface area contributed by atoms with E-state index in [2.05, 4.69) is 0 Å². The van der Waals surface area contributed by atoms with Crippen molar-refractivity contribution in [1.29, 1.82) is 0 Å². The number of benzene rings is 1. The molecule has 1 aromatic carbocycles. The number of nitrogens with zero attached hydrogens (tertiary/aromatic N) is 1. The molecule has 0 bridgehead atoms. The van der Waals surface area contributed by atoms with Crippen molar-refractivity contribution in [3.05, 3.63) is 53.8 Å². The lowest BCUT2D eigenvalue weighted by atomic mass is 10.1. The Bertz CT molecular complexity index is 771. The van der Waals surface area contributed by atoms with E-state index in [1.807, 2.05) is 0 Å². The molecule has 0 radical (unpaired) electrons. The molecule has 6 heteroatoms. The molecule has 2 aromatic rings. The fourth-order valence-electron chi connectivity index (χ4n) is 2.91. The Hall–Kier alpha value is -2.50. The van der Waals surface area contributed by atoms with Gasteiger partial charge in [0.15, 0.2) is 0 Å². The van der Waals surface area contributed by atoms with Gasteiger partial charge in [-0.1, -0.05) is 18.2 Å². The summed E-state index contributed by atoms with van der Waals surface area (Å²) in [4.78, 5) is 13.8. The zero-order chi connectivity index (χ0) is 17.9.